The summed E-state index contributed by atoms with van der Waals surface area (Å²) in [5.41, 5.74) is 6.38. The zero-order valence-corrected chi connectivity index (χ0v) is 14.6. The van der Waals surface area contributed by atoms with Gasteiger partial charge in [-0.2, -0.15) is 0 Å². The van der Waals surface area contributed by atoms with Gasteiger partial charge in [-0.3, -0.25) is 9.59 Å². The van der Waals surface area contributed by atoms with Crippen LogP contribution in [0.25, 0.3) is 0 Å². The van der Waals surface area contributed by atoms with E-state index in [4.69, 9.17) is 38.4 Å². The summed E-state index contributed by atoms with van der Waals surface area (Å²) in [6.45, 7) is 1.11. The highest BCUT2D eigenvalue weighted by molar-refractivity contribution is 6.42. The Bertz CT molecular complexity index is 645. The molecule has 1 aromatic rings. The van der Waals surface area contributed by atoms with E-state index in [1.807, 2.05) is 6.07 Å². The van der Waals surface area contributed by atoms with Crippen molar-refractivity contribution in [2.24, 2.45) is 17.6 Å². The summed E-state index contributed by atoms with van der Waals surface area (Å²) < 4.78 is 10.7. The Hall–Kier alpha value is -1.30. The fourth-order valence-electron chi connectivity index (χ4n) is 3.18. The Balaban J connectivity index is 1.62. The number of carbonyl (C=O) groups is 2. The molecule has 0 radical (unpaired) electrons. The summed E-state index contributed by atoms with van der Waals surface area (Å²) in [5.74, 6) is -1.25. The van der Waals surface area contributed by atoms with E-state index in [0.29, 0.717) is 42.5 Å². The Morgan fingerprint density at radius 1 is 1.21 bits per heavy atom. The van der Waals surface area contributed by atoms with E-state index in [1.165, 1.54) is 0 Å². The van der Waals surface area contributed by atoms with Crippen molar-refractivity contribution in [3.05, 3.63) is 33.8 Å². The first-order valence-corrected chi connectivity index (χ1v) is 8.75. The van der Waals surface area contributed by atoms with Crippen molar-refractivity contribution in [3.8, 4) is 0 Å². The van der Waals surface area contributed by atoms with E-state index in [9.17, 15) is 9.59 Å². The fourth-order valence-corrected chi connectivity index (χ4v) is 3.49. The van der Waals surface area contributed by atoms with Crippen LogP contribution in [0.5, 0.6) is 0 Å². The van der Waals surface area contributed by atoms with Crippen LogP contribution in [-0.2, 0) is 19.1 Å². The maximum atomic E-state index is 12.4. The molecule has 24 heavy (non-hydrogen) atoms. The molecule has 1 saturated heterocycles. The minimum atomic E-state index is -0.878. The quantitative estimate of drug-likeness (QED) is 0.807. The number of ether oxygens (including phenoxy) is 2. The molecule has 1 amide bonds. The van der Waals surface area contributed by atoms with Crippen molar-refractivity contribution >= 4 is 35.1 Å². The van der Waals surface area contributed by atoms with Crippen molar-refractivity contribution < 1.29 is 19.1 Å². The van der Waals surface area contributed by atoms with E-state index in [-0.39, 0.29) is 23.7 Å². The maximum Gasteiger partial charge on any atom is 0.310 e. The van der Waals surface area contributed by atoms with E-state index >= 15 is 0 Å². The lowest BCUT2D eigenvalue weighted by atomic mass is 9.93. The van der Waals surface area contributed by atoms with Gasteiger partial charge in [0.1, 0.15) is 0 Å². The van der Waals surface area contributed by atoms with Crippen LogP contribution in [0.3, 0.4) is 0 Å². The number of halogens is 2. The fraction of sp³-hybridized carbons (Fsp3) is 0.529. The van der Waals surface area contributed by atoms with Gasteiger partial charge in [0.15, 0.2) is 6.10 Å². The molecule has 2 N–H and O–H groups in total. The standard InChI is InChI=1S/C17H19Cl2NO4/c18-13-2-1-10(7-14(13)19)11-8-12(11)17(22)24-15(16(20)21)9-3-5-23-6-4-9/h1-2,7,9,11-12,15H,3-6,8H2,(H2,20,21)/t11-,12+,15+/m0/s1. The Kier molecular flexibility index (Phi) is 5.33. The Labute approximate surface area is 150 Å². The topological polar surface area (TPSA) is 78.6 Å². The van der Waals surface area contributed by atoms with E-state index < -0.39 is 12.0 Å². The van der Waals surface area contributed by atoms with Crippen molar-refractivity contribution in [2.75, 3.05) is 13.2 Å². The van der Waals surface area contributed by atoms with Crippen molar-refractivity contribution in [1.82, 2.24) is 0 Å². The van der Waals surface area contributed by atoms with Crippen LogP contribution in [0.15, 0.2) is 18.2 Å². The largest absolute Gasteiger partial charge is 0.452 e. The lowest BCUT2D eigenvalue weighted by Gasteiger charge is -2.27. The third kappa shape index (κ3) is 3.85. The summed E-state index contributed by atoms with van der Waals surface area (Å²) in [4.78, 5) is 24.1. The van der Waals surface area contributed by atoms with Gasteiger partial charge in [0.05, 0.1) is 16.0 Å². The predicted octanol–water partition coefficient (Wildman–Crippen LogP) is 2.92. The second-order valence-electron chi connectivity index (χ2n) is 6.33. The number of carbonyl (C=O) groups excluding carboxylic acids is 2. The highest BCUT2D eigenvalue weighted by atomic mass is 35.5. The SMILES string of the molecule is NC(=O)[C@H](OC(=O)[C@@H]1C[C@H]1c1ccc(Cl)c(Cl)c1)C1CCOCC1. The lowest BCUT2D eigenvalue weighted by molar-refractivity contribution is -0.161. The van der Waals surface area contributed by atoms with Crippen LogP contribution in [0.2, 0.25) is 10.0 Å². The first kappa shape index (κ1) is 17.5. The molecular formula is C17H19Cl2NO4. The van der Waals surface area contributed by atoms with Crippen LogP contribution in [0, 0.1) is 11.8 Å². The van der Waals surface area contributed by atoms with Crippen LogP contribution < -0.4 is 5.73 Å². The predicted molar refractivity (Wildman–Crippen MR) is 89.9 cm³/mol. The molecule has 130 valence electrons. The first-order chi connectivity index (χ1) is 11.5. The first-order valence-electron chi connectivity index (χ1n) is 8.00. The molecule has 5 nitrogen and oxygen atoms in total. The molecule has 0 unspecified atom stereocenters. The van der Waals surface area contributed by atoms with Gasteiger partial charge < -0.3 is 15.2 Å². The number of benzene rings is 1. The highest BCUT2D eigenvalue weighted by Crippen LogP contribution is 2.49. The van der Waals surface area contributed by atoms with Crippen molar-refractivity contribution in [3.63, 3.8) is 0 Å². The molecule has 1 aliphatic carbocycles. The van der Waals surface area contributed by atoms with Gasteiger partial charge in [0.2, 0.25) is 0 Å². The van der Waals surface area contributed by atoms with Gasteiger partial charge in [0, 0.05) is 19.1 Å². The summed E-state index contributed by atoms with van der Waals surface area (Å²) in [6, 6.07) is 5.34. The number of hydrogen-bond acceptors (Lipinski definition) is 4. The van der Waals surface area contributed by atoms with Gasteiger partial charge in [-0.1, -0.05) is 29.3 Å². The molecule has 1 saturated carbocycles. The minimum absolute atomic E-state index is 0.0514. The number of esters is 1. The molecule has 2 fully saturated rings. The number of hydrogen-bond donors (Lipinski definition) is 1. The van der Waals surface area contributed by atoms with E-state index in [0.717, 1.165) is 5.56 Å². The summed E-state index contributed by atoms with van der Waals surface area (Å²) in [6.07, 6.45) is 1.14. The number of nitrogens with two attached hydrogens (primary N) is 1. The minimum Gasteiger partial charge on any atom is -0.452 e. The molecule has 1 aromatic carbocycles. The molecule has 3 rings (SSSR count). The van der Waals surface area contributed by atoms with Crippen LogP contribution in [0.1, 0.15) is 30.7 Å². The summed E-state index contributed by atoms with van der Waals surface area (Å²) in [5, 5.41) is 0.943. The van der Waals surface area contributed by atoms with Crippen molar-refractivity contribution in [1.29, 1.82) is 0 Å². The molecule has 0 bridgehead atoms. The second kappa shape index (κ2) is 7.30. The summed E-state index contributed by atoms with van der Waals surface area (Å²) >= 11 is 11.9. The molecular weight excluding hydrogens is 353 g/mol. The Morgan fingerprint density at radius 2 is 1.92 bits per heavy atom. The van der Waals surface area contributed by atoms with Gasteiger partial charge in [-0.05, 0) is 42.9 Å². The second-order valence-corrected chi connectivity index (χ2v) is 7.15. The third-order valence-electron chi connectivity index (χ3n) is 4.68. The smallest absolute Gasteiger partial charge is 0.310 e. The molecule has 1 heterocycles. The van der Waals surface area contributed by atoms with Gasteiger partial charge >= 0.3 is 5.97 Å². The van der Waals surface area contributed by atoms with E-state index in [1.54, 1.807) is 12.1 Å². The lowest BCUT2D eigenvalue weighted by Crippen LogP contribution is -2.41. The number of primary amides is 1. The average Bonchev–Trinajstić information content (AvgIpc) is 3.36. The van der Waals surface area contributed by atoms with Crippen LogP contribution in [-0.4, -0.2) is 31.2 Å². The monoisotopic (exact) mass is 371 g/mol. The zero-order valence-electron chi connectivity index (χ0n) is 13.0. The molecule has 3 atom stereocenters. The molecule has 2 aliphatic rings. The highest BCUT2D eigenvalue weighted by Gasteiger charge is 2.47. The third-order valence-corrected chi connectivity index (χ3v) is 5.42. The number of rotatable bonds is 5. The summed E-state index contributed by atoms with van der Waals surface area (Å²) in [7, 11) is 0. The van der Waals surface area contributed by atoms with Gasteiger partial charge in [-0.15, -0.1) is 0 Å². The normalized spacial score (nSPS) is 25.1. The Morgan fingerprint density at radius 3 is 2.54 bits per heavy atom. The van der Waals surface area contributed by atoms with Crippen LogP contribution >= 0.6 is 23.2 Å². The molecule has 0 aromatic heterocycles. The van der Waals surface area contributed by atoms with Crippen molar-refractivity contribution in [2.45, 2.75) is 31.3 Å². The van der Waals surface area contributed by atoms with Crippen LogP contribution in [0.4, 0.5) is 0 Å². The molecule has 7 heteroatoms. The van der Waals surface area contributed by atoms with Gasteiger partial charge in [0.25, 0.3) is 5.91 Å². The number of amides is 1. The maximum absolute atomic E-state index is 12.4. The molecule has 0 spiro atoms. The average molecular weight is 372 g/mol. The van der Waals surface area contributed by atoms with E-state index in [2.05, 4.69) is 0 Å². The molecule has 1 aliphatic heterocycles. The zero-order chi connectivity index (χ0) is 17.3. The van der Waals surface area contributed by atoms with Gasteiger partial charge in [-0.25, -0.2) is 0 Å².